The van der Waals surface area contributed by atoms with E-state index in [1.54, 1.807) is 0 Å². The van der Waals surface area contributed by atoms with Gasteiger partial charge in [0.1, 0.15) is 12.6 Å². The van der Waals surface area contributed by atoms with E-state index >= 15 is 0 Å². The van der Waals surface area contributed by atoms with Crippen molar-refractivity contribution in [2.45, 2.75) is 238 Å². The van der Waals surface area contributed by atoms with Crippen LogP contribution >= 0.6 is 0 Å². The van der Waals surface area contributed by atoms with Gasteiger partial charge in [-0.3, -0.25) is 14.4 Å². The summed E-state index contributed by atoms with van der Waals surface area (Å²) >= 11 is 0. The highest BCUT2D eigenvalue weighted by Gasteiger charge is 2.14. The fourth-order valence-corrected chi connectivity index (χ4v) is 6.57. The number of hydrogen-bond donors (Lipinski definition) is 2. The zero-order valence-corrected chi connectivity index (χ0v) is 33.7. The molecule has 1 unspecified atom stereocenters. The van der Waals surface area contributed by atoms with Crippen LogP contribution in [0, 0.1) is 0 Å². The predicted octanol–water partition coefficient (Wildman–Crippen LogP) is 13.5. The van der Waals surface area contributed by atoms with Gasteiger partial charge in [-0.15, -0.1) is 0 Å². The molecule has 0 radical (unpaired) electrons. The lowest BCUT2D eigenvalue weighted by atomic mass is 10.0. The lowest BCUT2D eigenvalue weighted by molar-refractivity contribution is -0.150. The van der Waals surface area contributed by atoms with Gasteiger partial charge in [-0.25, -0.2) is 0 Å². The summed E-state index contributed by atoms with van der Waals surface area (Å²) in [5.74, 6) is -1.25. The van der Waals surface area contributed by atoms with Crippen molar-refractivity contribution in [2.75, 3.05) is 6.54 Å². The number of esters is 1. The maximum atomic E-state index is 12.7. The van der Waals surface area contributed by atoms with E-state index in [9.17, 15) is 14.4 Å². The molecule has 0 aliphatic rings. The summed E-state index contributed by atoms with van der Waals surface area (Å²) in [6.45, 7) is 4.23. The van der Waals surface area contributed by atoms with Crippen LogP contribution in [0.4, 0.5) is 0 Å². The number of unbranched alkanes of at least 4 members (excludes halogenated alkanes) is 25. The molecule has 6 nitrogen and oxygen atoms in total. The van der Waals surface area contributed by atoms with Gasteiger partial charge in [0.05, 0.1) is 0 Å². The Hall–Kier alpha value is -2.11. The van der Waals surface area contributed by atoms with Crippen molar-refractivity contribution in [3.63, 3.8) is 0 Å². The second kappa shape index (κ2) is 40.7. The van der Waals surface area contributed by atoms with Gasteiger partial charge in [0.2, 0.25) is 5.91 Å². The molecule has 0 bridgehead atoms. The van der Waals surface area contributed by atoms with E-state index in [-0.39, 0.29) is 24.5 Å². The molecule has 0 saturated carbocycles. The zero-order chi connectivity index (χ0) is 37.3. The first-order valence-electron chi connectivity index (χ1n) is 22.0. The van der Waals surface area contributed by atoms with Crippen LogP contribution in [0.3, 0.4) is 0 Å². The number of amides is 1. The highest BCUT2D eigenvalue weighted by Crippen LogP contribution is 2.18. The van der Waals surface area contributed by atoms with Gasteiger partial charge in [-0.1, -0.05) is 160 Å². The highest BCUT2D eigenvalue weighted by molar-refractivity contribution is 5.80. The van der Waals surface area contributed by atoms with Crippen LogP contribution in [0.2, 0.25) is 0 Å². The summed E-state index contributed by atoms with van der Waals surface area (Å²) in [6, 6.07) is 0. The molecular weight excluding hydrogens is 634 g/mol. The molecule has 0 aromatic carbocycles. The first kappa shape index (κ1) is 48.9. The van der Waals surface area contributed by atoms with Crippen molar-refractivity contribution in [1.29, 1.82) is 0 Å². The largest absolute Gasteiger partial charge is 0.480 e. The van der Waals surface area contributed by atoms with E-state index in [1.807, 2.05) is 0 Å². The minimum Gasteiger partial charge on any atom is -0.480 e. The smallest absolute Gasteiger partial charge is 0.322 e. The van der Waals surface area contributed by atoms with Gasteiger partial charge >= 0.3 is 11.9 Å². The molecule has 1 amide bonds. The molecule has 0 aliphatic carbocycles. The summed E-state index contributed by atoms with van der Waals surface area (Å²) in [5.41, 5.74) is 0. The number of carboxylic acids is 1. The topological polar surface area (TPSA) is 92.7 Å². The quantitative estimate of drug-likeness (QED) is 0.0374. The van der Waals surface area contributed by atoms with E-state index in [1.165, 1.54) is 135 Å². The van der Waals surface area contributed by atoms with Gasteiger partial charge in [0, 0.05) is 12.8 Å². The monoisotopic (exact) mass is 718 g/mol. The molecule has 1 atom stereocenters. The average molecular weight is 718 g/mol. The lowest BCUT2D eigenvalue weighted by Gasteiger charge is -2.18. The van der Waals surface area contributed by atoms with Crippen LogP contribution in [0.15, 0.2) is 24.3 Å². The molecule has 6 heteroatoms. The van der Waals surface area contributed by atoms with Crippen LogP contribution in [0.25, 0.3) is 0 Å². The summed E-state index contributed by atoms with van der Waals surface area (Å²) in [4.78, 5) is 35.0. The number of ether oxygens (including phenoxy) is 1. The molecule has 0 spiro atoms. The maximum absolute atomic E-state index is 12.7. The second-order valence-corrected chi connectivity index (χ2v) is 14.9. The minimum absolute atomic E-state index is 0.00625. The predicted molar refractivity (Wildman–Crippen MR) is 217 cm³/mol. The second-order valence-electron chi connectivity index (χ2n) is 14.9. The third kappa shape index (κ3) is 40.5. The third-order valence-electron chi connectivity index (χ3n) is 9.85. The van der Waals surface area contributed by atoms with Crippen LogP contribution in [0.1, 0.15) is 232 Å². The van der Waals surface area contributed by atoms with Crippen molar-refractivity contribution >= 4 is 17.8 Å². The van der Waals surface area contributed by atoms with Gasteiger partial charge in [-0.2, -0.15) is 0 Å². The molecule has 0 aromatic rings. The average Bonchev–Trinajstić information content (AvgIpc) is 3.11. The summed E-state index contributed by atoms with van der Waals surface area (Å²) in [6.07, 6.45) is 48.7. The van der Waals surface area contributed by atoms with E-state index in [2.05, 4.69) is 43.5 Å². The fourth-order valence-electron chi connectivity index (χ4n) is 6.57. The van der Waals surface area contributed by atoms with Crippen LogP contribution in [-0.2, 0) is 19.1 Å². The third-order valence-corrected chi connectivity index (χ3v) is 9.85. The molecule has 0 heterocycles. The molecule has 0 fully saturated rings. The number of carboxylic acid groups (broad SMARTS) is 1. The molecule has 0 saturated heterocycles. The van der Waals surface area contributed by atoms with E-state index in [0.29, 0.717) is 12.8 Å². The number of aliphatic carboxylic acids is 1. The minimum atomic E-state index is -1.02. The standard InChI is InChI=1S/C45H83NO5/c1-3-5-7-9-11-13-15-17-18-19-21-23-25-27-32-36-40-45(50)51-42(38-34-30-28-31-35-39-43(47)46-41-44(48)49)37-33-29-26-24-22-20-16-14-12-10-8-6-4-2/h18-19,24,26,42H,3-17,20-23,25,27-41H2,1-2H3,(H,46,47)(H,48,49)/b19-18-,26-24-. The van der Waals surface area contributed by atoms with Gasteiger partial charge in [0.25, 0.3) is 0 Å². The van der Waals surface area contributed by atoms with E-state index < -0.39 is 5.97 Å². The Balaban J connectivity index is 4.20. The number of hydrogen-bond acceptors (Lipinski definition) is 4. The number of allylic oxidation sites excluding steroid dienone is 4. The van der Waals surface area contributed by atoms with Crippen molar-refractivity contribution in [3.05, 3.63) is 24.3 Å². The van der Waals surface area contributed by atoms with Crippen molar-refractivity contribution in [3.8, 4) is 0 Å². The highest BCUT2D eigenvalue weighted by atomic mass is 16.5. The number of rotatable bonds is 40. The Morgan fingerprint density at radius 1 is 0.490 bits per heavy atom. The molecular formula is C45H83NO5. The first-order chi connectivity index (χ1) is 25.0. The SMILES string of the molecule is CCCCCCCCC/C=C\CCCCCCCC(=O)OC(CCC/C=C\CCCCCCCCCC)CCCCCCCC(=O)NCC(=O)O. The summed E-state index contributed by atoms with van der Waals surface area (Å²) in [7, 11) is 0. The van der Waals surface area contributed by atoms with Gasteiger partial charge in [-0.05, 0) is 83.5 Å². The maximum Gasteiger partial charge on any atom is 0.322 e. The molecule has 51 heavy (non-hydrogen) atoms. The molecule has 298 valence electrons. The van der Waals surface area contributed by atoms with E-state index in [4.69, 9.17) is 9.84 Å². The van der Waals surface area contributed by atoms with Crippen molar-refractivity contribution < 1.29 is 24.2 Å². The number of carbonyl (C=O) groups is 3. The Morgan fingerprint density at radius 2 is 0.863 bits per heavy atom. The summed E-state index contributed by atoms with van der Waals surface area (Å²) < 4.78 is 6.01. The Labute approximate surface area is 315 Å². The molecule has 2 N–H and O–H groups in total. The molecule has 0 aromatic heterocycles. The van der Waals surface area contributed by atoms with E-state index in [0.717, 1.165) is 70.6 Å². The summed E-state index contributed by atoms with van der Waals surface area (Å²) in [5, 5.41) is 11.1. The lowest BCUT2D eigenvalue weighted by Crippen LogP contribution is -2.28. The number of nitrogens with one attached hydrogen (secondary N) is 1. The Bertz CT molecular complexity index is 838. The van der Waals surface area contributed by atoms with Crippen LogP contribution < -0.4 is 5.32 Å². The molecule has 0 aliphatic heterocycles. The van der Waals surface area contributed by atoms with Gasteiger partial charge < -0.3 is 15.2 Å². The van der Waals surface area contributed by atoms with Crippen molar-refractivity contribution in [1.82, 2.24) is 5.32 Å². The molecule has 0 rings (SSSR count). The van der Waals surface area contributed by atoms with Gasteiger partial charge in [0.15, 0.2) is 0 Å². The normalized spacial score (nSPS) is 12.2. The Morgan fingerprint density at radius 3 is 1.33 bits per heavy atom. The Kier molecular flexibility index (Phi) is 39.0. The first-order valence-corrected chi connectivity index (χ1v) is 22.0. The van der Waals surface area contributed by atoms with Crippen molar-refractivity contribution in [2.24, 2.45) is 0 Å². The van der Waals surface area contributed by atoms with Crippen LogP contribution in [0.5, 0.6) is 0 Å². The fraction of sp³-hybridized carbons (Fsp3) is 0.844. The number of carbonyl (C=O) groups excluding carboxylic acids is 2. The zero-order valence-electron chi connectivity index (χ0n) is 33.7. The van der Waals surface area contributed by atoms with Crippen LogP contribution in [-0.4, -0.2) is 35.6 Å².